The monoisotopic (exact) mass is 660 g/mol. The van der Waals surface area contributed by atoms with Crippen LogP contribution in [0.15, 0.2) is 94.6 Å². The Morgan fingerprint density at radius 2 is 1.70 bits per heavy atom. The van der Waals surface area contributed by atoms with E-state index in [-0.39, 0.29) is 29.2 Å². The van der Waals surface area contributed by atoms with E-state index in [0.29, 0.717) is 44.3 Å². The number of β-lactam (4-membered cyclic amide) rings is 1. The van der Waals surface area contributed by atoms with Gasteiger partial charge in [-0.25, -0.2) is 4.79 Å². The van der Waals surface area contributed by atoms with Gasteiger partial charge in [0.2, 0.25) is 5.91 Å². The average Bonchev–Trinajstić information content (AvgIpc) is 3.60. The van der Waals surface area contributed by atoms with Gasteiger partial charge in [0.05, 0.1) is 19.6 Å². The number of fused-ring (bicyclic) bond motifs is 1. The Labute approximate surface area is 276 Å². The third-order valence-electron chi connectivity index (χ3n) is 7.98. The summed E-state index contributed by atoms with van der Waals surface area (Å²) in [7, 11) is 0. The first-order valence-corrected chi connectivity index (χ1v) is 17.2. The standard InChI is InChI=1S/C34H36N4O6S2/c1-3-43-36-31(37-16-18-42-19-17-37)27-22(2)46-33-28(35-26(39)21-25-15-10-20-45-25)32(40)38(33)29(27)34(41)44-30(23-11-6-4-7-12-23)24-13-8-5-9-14-24/h4-15,20,22,28,30,33H,3,16-19,21H2,1-2H3,(H,35,39)/t22-,28?,33+/m1/s1. The Morgan fingerprint density at radius 1 is 1.02 bits per heavy atom. The molecule has 2 saturated heterocycles. The third-order valence-corrected chi connectivity index (χ3v) is 10.3. The van der Waals surface area contributed by atoms with Crippen molar-refractivity contribution >= 4 is 46.7 Å². The molecule has 0 radical (unpaired) electrons. The van der Waals surface area contributed by atoms with Gasteiger partial charge in [0.25, 0.3) is 5.91 Å². The van der Waals surface area contributed by atoms with E-state index in [9.17, 15) is 14.4 Å². The topological polar surface area (TPSA) is 110 Å². The van der Waals surface area contributed by atoms with E-state index in [4.69, 9.17) is 14.3 Å². The zero-order valence-electron chi connectivity index (χ0n) is 25.7. The van der Waals surface area contributed by atoms with Crippen LogP contribution in [0.1, 0.15) is 36.0 Å². The number of morpholine rings is 1. The number of thioether (sulfide) groups is 1. The van der Waals surface area contributed by atoms with E-state index < -0.39 is 23.5 Å². The summed E-state index contributed by atoms with van der Waals surface area (Å²) >= 11 is 2.99. The van der Waals surface area contributed by atoms with E-state index in [1.807, 2.05) is 96.9 Å². The lowest BCUT2D eigenvalue weighted by Gasteiger charge is -2.51. The van der Waals surface area contributed by atoms with Crippen molar-refractivity contribution in [1.29, 1.82) is 0 Å². The SMILES string of the molecule is CCON=C(C1=C(C(=O)OC(c2ccccc2)c2ccccc2)N2C(=O)C(NC(=O)Cc3cccs3)[C@@H]2S[C@@H]1C)N1CCOCC1. The van der Waals surface area contributed by atoms with Crippen LogP contribution in [0.2, 0.25) is 0 Å². The van der Waals surface area contributed by atoms with Crippen molar-refractivity contribution in [3.8, 4) is 0 Å². The molecule has 3 aliphatic heterocycles. The van der Waals surface area contributed by atoms with Crippen LogP contribution in [0.4, 0.5) is 0 Å². The molecular formula is C34H36N4O6S2. The van der Waals surface area contributed by atoms with Crippen molar-refractivity contribution in [3.05, 3.63) is 105 Å². The number of amidine groups is 1. The maximum Gasteiger partial charge on any atom is 0.356 e. The van der Waals surface area contributed by atoms with Gasteiger partial charge >= 0.3 is 5.97 Å². The highest BCUT2D eigenvalue weighted by Crippen LogP contribution is 2.46. The number of rotatable bonds is 10. The zero-order chi connectivity index (χ0) is 32.0. The molecule has 46 heavy (non-hydrogen) atoms. The van der Waals surface area contributed by atoms with E-state index in [1.165, 1.54) is 28.0 Å². The van der Waals surface area contributed by atoms with Crippen LogP contribution in [-0.4, -0.2) is 83.0 Å². The van der Waals surface area contributed by atoms with Crippen LogP contribution in [0.3, 0.4) is 0 Å². The van der Waals surface area contributed by atoms with Crippen molar-refractivity contribution in [3.63, 3.8) is 0 Å². The molecule has 4 heterocycles. The predicted octanol–water partition coefficient (Wildman–Crippen LogP) is 4.35. The molecule has 2 amide bonds. The molecule has 1 aromatic heterocycles. The van der Waals surface area contributed by atoms with E-state index in [2.05, 4.69) is 10.5 Å². The lowest BCUT2D eigenvalue weighted by atomic mass is 9.98. The Balaban J connectivity index is 1.38. The van der Waals surface area contributed by atoms with Gasteiger partial charge in [0, 0.05) is 28.8 Å². The lowest BCUT2D eigenvalue weighted by molar-refractivity contribution is -0.154. The largest absolute Gasteiger partial charge is 0.448 e. The summed E-state index contributed by atoms with van der Waals surface area (Å²) < 4.78 is 11.9. The first kappa shape index (κ1) is 31.8. The minimum absolute atomic E-state index is 0.117. The highest BCUT2D eigenvalue weighted by Gasteiger charge is 2.57. The Morgan fingerprint density at radius 3 is 2.30 bits per heavy atom. The fraction of sp³-hybridized carbons (Fsp3) is 0.353. The van der Waals surface area contributed by atoms with Gasteiger partial charge in [0.15, 0.2) is 11.9 Å². The number of carbonyl (C=O) groups excluding carboxylic acids is 3. The summed E-state index contributed by atoms with van der Waals surface area (Å²) in [6.07, 6.45) is -0.539. The summed E-state index contributed by atoms with van der Waals surface area (Å²) in [6, 6.07) is 22.0. The predicted molar refractivity (Wildman–Crippen MR) is 177 cm³/mol. The van der Waals surface area contributed by atoms with Crippen molar-refractivity contribution in [2.45, 2.75) is 43.0 Å². The van der Waals surface area contributed by atoms with Crippen LogP contribution < -0.4 is 5.32 Å². The van der Waals surface area contributed by atoms with E-state index >= 15 is 0 Å². The second kappa shape index (κ2) is 14.5. The maximum absolute atomic E-state index is 14.5. The minimum atomic E-state index is -0.779. The van der Waals surface area contributed by atoms with Gasteiger partial charge in [-0.05, 0) is 36.4 Å². The molecule has 0 bridgehead atoms. The number of ether oxygens (including phenoxy) is 2. The van der Waals surface area contributed by atoms with Gasteiger partial charge in [-0.15, -0.1) is 23.1 Å². The molecule has 0 spiro atoms. The Kier molecular flexibility index (Phi) is 10.1. The number of oxime groups is 1. The van der Waals surface area contributed by atoms with Gasteiger partial charge in [-0.3, -0.25) is 14.5 Å². The summed E-state index contributed by atoms with van der Waals surface area (Å²) in [4.78, 5) is 51.4. The quantitative estimate of drug-likeness (QED) is 0.113. The normalized spacial score (nSPS) is 21.5. The van der Waals surface area contributed by atoms with Gasteiger partial charge < -0.3 is 24.5 Å². The number of esters is 1. The number of nitrogens with zero attached hydrogens (tertiary/aromatic N) is 3. The zero-order valence-corrected chi connectivity index (χ0v) is 27.3. The molecule has 3 atom stereocenters. The molecule has 2 aromatic carbocycles. The van der Waals surface area contributed by atoms with Crippen molar-refractivity contribution in [2.75, 3.05) is 32.9 Å². The summed E-state index contributed by atoms with van der Waals surface area (Å²) in [5, 5.41) is 8.53. The summed E-state index contributed by atoms with van der Waals surface area (Å²) in [5.41, 5.74) is 2.26. The van der Waals surface area contributed by atoms with Crippen LogP contribution in [0.25, 0.3) is 0 Å². The maximum atomic E-state index is 14.5. The first-order chi connectivity index (χ1) is 22.5. The van der Waals surface area contributed by atoms with Crippen LogP contribution in [0.5, 0.6) is 0 Å². The molecule has 6 rings (SSSR count). The number of benzene rings is 2. The number of amides is 2. The number of nitrogens with one attached hydrogen (secondary N) is 1. The number of thiophene rings is 1. The van der Waals surface area contributed by atoms with Gasteiger partial charge in [0.1, 0.15) is 23.7 Å². The number of hydrogen-bond acceptors (Lipinski definition) is 9. The average molecular weight is 661 g/mol. The molecule has 3 aromatic rings. The highest BCUT2D eigenvalue weighted by molar-refractivity contribution is 8.01. The smallest absolute Gasteiger partial charge is 0.356 e. The Hall–Kier alpha value is -4.13. The van der Waals surface area contributed by atoms with Crippen molar-refractivity contribution in [1.82, 2.24) is 15.1 Å². The van der Waals surface area contributed by atoms with Crippen LogP contribution in [0, 0.1) is 0 Å². The first-order valence-electron chi connectivity index (χ1n) is 15.3. The van der Waals surface area contributed by atoms with Crippen LogP contribution >= 0.6 is 23.1 Å². The molecule has 3 aliphatic rings. The molecular weight excluding hydrogens is 625 g/mol. The van der Waals surface area contributed by atoms with Crippen LogP contribution in [-0.2, 0) is 35.1 Å². The molecule has 0 aliphatic carbocycles. The molecule has 1 N–H and O–H groups in total. The second-order valence-electron chi connectivity index (χ2n) is 11.0. The molecule has 0 saturated carbocycles. The molecule has 240 valence electrons. The van der Waals surface area contributed by atoms with Gasteiger partial charge in [-0.2, -0.15) is 0 Å². The fourth-order valence-corrected chi connectivity index (χ4v) is 7.94. The lowest BCUT2D eigenvalue weighted by Crippen LogP contribution is -2.71. The molecule has 2 fully saturated rings. The summed E-state index contributed by atoms with van der Waals surface area (Å²) in [5.74, 6) is -0.793. The Bertz CT molecular complexity index is 1550. The highest BCUT2D eigenvalue weighted by atomic mass is 32.2. The minimum Gasteiger partial charge on any atom is -0.448 e. The second-order valence-corrected chi connectivity index (χ2v) is 13.5. The number of carbonyl (C=O) groups is 3. The molecule has 10 nitrogen and oxygen atoms in total. The molecule has 12 heteroatoms. The van der Waals surface area contributed by atoms with Crippen molar-refractivity contribution in [2.24, 2.45) is 5.16 Å². The fourth-order valence-electron chi connectivity index (χ4n) is 5.79. The summed E-state index contributed by atoms with van der Waals surface area (Å²) in [6.45, 7) is 6.23. The van der Waals surface area contributed by atoms with Gasteiger partial charge in [-0.1, -0.05) is 71.9 Å². The third kappa shape index (κ3) is 6.69. The van der Waals surface area contributed by atoms with Crippen molar-refractivity contribution < 1.29 is 28.7 Å². The molecule has 1 unspecified atom stereocenters. The van der Waals surface area contributed by atoms with E-state index in [1.54, 1.807) is 0 Å². The van der Waals surface area contributed by atoms with E-state index in [0.717, 1.165) is 16.0 Å². The number of hydrogen-bond donors (Lipinski definition) is 1.